The number of aromatic amines is 1. The number of amidine groups is 1. The summed E-state index contributed by atoms with van der Waals surface area (Å²) in [4.78, 5) is 17.3. The van der Waals surface area contributed by atoms with Gasteiger partial charge in [0.05, 0.1) is 28.9 Å². The molecule has 0 bridgehead atoms. The summed E-state index contributed by atoms with van der Waals surface area (Å²) in [6, 6.07) is 7.75. The molecule has 0 amide bonds. The van der Waals surface area contributed by atoms with Crippen molar-refractivity contribution in [3.63, 3.8) is 0 Å². The van der Waals surface area contributed by atoms with Gasteiger partial charge in [-0.05, 0) is 12.1 Å². The monoisotopic (exact) mass is 498 g/mol. The second-order valence-electron chi connectivity index (χ2n) is 7.20. The minimum absolute atomic E-state index is 0.0237. The van der Waals surface area contributed by atoms with Gasteiger partial charge in [0.2, 0.25) is 5.82 Å². The van der Waals surface area contributed by atoms with Crippen LogP contribution in [0.25, 0.3) is 11.1 Å². The molecule has 3 aromatic rings. The molecule has 0 saturated carbocycles. The topological polar surface area (TPSA) is 178 Å². The second kappa shape index (κ2) is 10.6. The first kappa shape index (κ1) is 25.7. The maximum Gasteiger partial charge on any atom is 0.451 e. The highest BCUT2D eigenvalue weighted by molar-refractivity contribution is 6.33. The number of alkyl halides is 3. The first-order valence-electron chi connectivity index (χ1n) is 10.1. The zero-order valence-electron chi connectivity index (χ0n) is 18.5. The van der Waals surface area contributed by atoms with Gasteiger partial charge in [-0.15, -0.1) is 0 Å². The number of hydrogen-bond acceptors (Lipinski definition) is 7. The molecule has 0 saturated heterocycles. The third kappa shape index (κ3) is 5.25. The maximum atomic E-state index is 13.9. The average Bonchev–Trinajstić information content (AvgIpc) is 3.25. The van der Waals surface area contributed by atoms with Crippen molar-refractivity contribution in [2.45, 2.75) is 19.0 Å². The average molecular weight is 498 g/mol. The zero-order chi connectivity index (χ0) is 26.5. The number of aromatic nitrogens is 3. The van der Waals surface area contributed by atoms with Crippen LogP contribution >= 0.6 is 0 Å². The summed E-state index contributed by atoms with van der Waals surface area (Å²) in [5, 5.41) is 20.8. The molecular formula is C22H18F4N10. The fraction of sp³-hybridized carbons (Fsp3) is 0.136. The van der Waals surface area contributed by atoms with E-state index in [0.29, 0.717) is 6.34 Å². The number of hydrogen-bond donors (Lipinski definition) is 4. The van der Waals surface area contributed by atoms with Crippen LogP contribution in [0.2, 0.25) is 0 Å². The van der Waals surface area contributed by atoms with Crippen LogP contribution in [-0.4, -0.2) is 39.1 Å². The first-order valence-corrected chi connectivity index (χ1v) is 10.1. The molecule has 0 fully saturated rings. The summed E-state index contributed by atoms with van der Waals surface area (Å²) < 4.78 is 52.7. The Morgan fingerprint density at radius 1 is 1.25 bits per heavy atom. The number of nitriles is 1. The van der Waals surface area contributed by atoms with Gasteiger partial charge >= 0.3 is 6.18 Å². The van der Waals surface area contributed by atoms with Crippen LogP contribution in [0.1, 0.15) is 35.6 Å². The van der Waals surface area contributed by atoms with E-state index in [0.717, 1.165) is 12.4 Å². The van der Waals surface area contributed by atoms with Crippen molar-refractivity contribution in [1.82, 2.24) is 15.0 Å². The predicted octanol–water partition coefficient (Wildman–Crippen LogP) is 3.63. The van der Waals surface area contributed by atoms with Crippen LogP contribution in [0.3, 0.4) is 0 Å². The van der Waals surface area contributed by atoms with Crippen molar-refractivity contribution in [3.8, 4) is 17.2 Å². The molecule has 1 unspecified atom stereocenters. The quantitative estimate of drug-likeness (QED) is 0.127. The molecule has 36 heavy (non-hydrogen) atoms. The molecule has 0 radical (unpaired) electrons. The van der Waals surface area contributed by atoms with Crippen LogP contribution in [0, 0.1) is 22.6 Å². The number of hydrazone groups is 1. The SMILES string of the molecule is CC(C(C=Nc1ccccc1F)=NN)c1[nH]c(C(N)=NC=N)c(-c2cnc(C(F)(F)F)nc2)c1C#N. The molecule has 10 nitrogen and oxygen atoms in total. The number of rotatable bonds is 7. The van der Waals surface area contributed by atoms with Crippen molar-refractivity contribution < 1.29 is 17.6 Å². The molecule has 1 aromatic carbocycles. The Morgan fingerprint density at radius 2 is 1.92 bits per heavy atom. The Hall–Kier alpha value is -4.93. The summed E-state index contributed by atoms with van der Waals surface area (Å²) in [6.07, 6.45) is -1.09. The van der Waals surface area contributed by atoms with Crippen molar-refractivity contribution in [2.75, 3.05) is 0 Å². The van der Waals surface area contributed by atoms with Gasteiger partial charge in [-0.2, -0.15) is 23.5 Å². The minimum atomic E-state index is -4.76. The molecule has 184 valence electrons. The van der Waals surface area contributed by atoms with E-state index >= 15 is 0 Å². The number of benzene rings is 1. The normalized spacial score (nSPS) is 13.6. The van der Waals surface area contributed by atoms with Gasteiger partial charge in [0, 0.05) is 35.1 Å². The Labute approximate surface area is 201 Å². The third-order valence-corrected chi connectivity index (χ3v) is 5.01. The van der Waals surface area contributed by atoms with Crippen molar-refractivity contribution in [1.29, 1.82) is 10.7 Å². The number of aliphatic imine (C=N–C) groups is 2. The standard InChI is InChI=1S/C22H18F4N10/c1-11(16(36-30)9-31-15-5-3-2-4-14(15)23)18-13(6-27)17(19(35-18)20(29)34-10-28)12-7-32-21(33-8-12)22(24,25)26/h2-5,7-11,35H,30H2,1H3,(H3,28,29,34). The van der Waals surface area contributed by atoms with Gasteiger partial charge < -0.3 is 16.6 Å². The fourth-order valence-electron chi connectivity index (χ4n) is 3.28. The van der Waals surface area contributed by atoms with Crippen LogP contribution < -0.4 is 11.6 Å². The van der Waals surface area contributed by atoms with Crippen molar-refractivity contribution in [2.24, 2.45) is 26.7 Å². The van der Waals surface area contributed by atoms with Gasteiger partial charge in [0.1, 0.15) is 24.1 Å². The molecule has 6 N–H and O–H groups in total. The van der Waals surface area contributed by atoms with Crippen LogP contribution in [0.5, 0.6) is 0 Å². The summed E-state index contributed by atoms with van der Waals surface area (Å²) in [7, 11) is 0. The molecule has 0 aliphatic heterocycles. The lowest BCUT2D eigenvalue weighted by molar-refractivity contribution is -0.144. The highest BCUT2D eigenvalue weighted by Crippen LogP contribution is 2.34. The highest BCUT2D eigenvalue weighted by Gasteiger charge is 2.35. The first-order chi connectivity index (χ1) is 17.1. The predicted molar refractivity (Wildman–Crippen MR) is 126 cm³/mol. The minimum Gasteiger partial charge on any atom is -0.382 e. The van der Waals surface area contributed by atoms with Crippen LogP contribution in [-0.2, 0) is 6.18 Å². The molecular weight excluding hydrogens is 480 g/mol. The van der Waals surface area contributed by atoms with Crippen LogP contribution in [0.15, 0.2) is 51.7 Å². The molecule has 0 spiro atoms. The lowest BCUT2D eigenvalue weighted by atomic mass is 9.95. The zero-order valence-corrected chi connectivity index (χ0v) is 18.5. The van der Waals surface area contributed by atoms with Crippen LogP contribution in [0.4, 0.5) is 23.2 Å². The number of H-pyrrole nitrogens is 1. The molecule has 2 heterocycles. The summed E-state index contributed by atoms with van der Waals surface area (Å²) in [6.45, 7) is 1.62. The Kier molecular flexibility index (Phi) is 7.53. The number of nitrogens with zero attached hydrogens (tertiary/aromatic N) is 6. The molecule has 14 heteroatoms. The number of nitrogens with two attached hydrogens (primary N) is 2. The maximum absolute atomic E-state index is 13.9. The van der Waals surface area contributed by atoms with E-state index in [9.17, 15) is 22.8 Å². The molecule has 2 aromatic heterocycles. The molecule has 0 aliphatic rings. The second-order valence-corrected chi connectivity index (χ2v) is 7.20. The number of para-hydroxylation sites is 1. The Balaban J connectivity index is 2.14. The smallest absolute Gasteiger partial charge is 0.382 e. The van der Waals surface area contributed by atoms with E-state index in [4.69, 9.17) is 17.0 Å². The lowest BCUT2D eigenvalue weighted by Crippen LogP contribution is -2.17. The van der Waals surface area contributed by atoms with Gasteiger partial charge in [0.15, 0.2) is 0 Å². The Morgan fingerprint density at radius 3 is 2.47 bits per heavy atom. The number of halogens is 4. The lowest BCUT2D eigenvalue weighted by Gasteiger charge is -2.10. The summed E-state index contributed by atoms with van der Waals surface area (Å²) in [5.74, 6) is 2.63. The summed E-state index contributed by atoms with van der Waals surface area (Å²) >= 11 is 0. The van der Waals surface area contributed by atoms with Gasteiger partial charge in [0.25, 0.3) is 0 Å². The van der Waals surface area contributed by atoms with E-state index in [1.54, 1.807) is 13.0 Å². The molecule has 0 aliphatic carbocycles. The fourth-order valence-corrected chi connectivity index (χ4v) is 3.28. The van der Waals surface area contributed by atoms with Crippen molar-refractivity contribution >= 4 is 29.8 Å². The van der Waals surface area contributed by atoms with E-state index in [1.807, 2.05) is 6.07 Å². The van der Waals surface area contributed by atoms with E-state index in [2.05, 4.69) is 30.0 Å². The van der Waals surface area contributed by atoms with E-state index in [1.165, 1.54) is 24.4 Å². The van der Waals surface area contributed by atoms with Gasteiger partial charge in [-0.25, -0.2) is 19.4 Å². The largest absolute Gasteiger partial charge is 0.451 e. The number of nitrogens with one attached hydrogen (secondary N) is 2. The third-order valence-electron chi connectivity index (χ3n) is 5.01. The molecule has 3 rings (SSSR count). The van der Waals surface area contributed by atoms with E-state index < -0.39 is 23.7 Å². The summed E-state index contributed by atoms with van der Waals surface area (Å²) in [5.41, 5.74) is 6.47. The highest BCUT2D eigenvalue weighted by atomic mass is 19.4. The van der Waals surface area contributed by atoms with Gasteiger partial charge in [-0.3, -0.25) is 10.4 Å². The van der Waals surface area contributed by atoms with Gasteiger partial charge in [-0.1, -0.05) is 19.1 Å². The van der Waals surface area contributed by atoms with Crippen molar-refractivity contribution in [3.05, 3.63) is 65.3 Å². The molecule has 1 atom stereocenters. The van der Waals surface area contributed by atoms with E-state index in [-0.39, 0.29) is 45.3 Å². The Bertz CT molecular complexity index is 1400.